The largest absolute Gasteiger partial charge is 0.497 e. The van der Waals surface area contributed by atoms with E-state index in [1.807, 2.05) is 30.3 Å². The van der Waals surface area contributed by atoms with Crippen LogP contribution in [0.15, 0.2) is 63.9 Å². The highest BCUT2D eigenvalue weighted by molar-refractivity contribution is 5.99. The smallest absolute Gasteiger partial charge is 0.364 e. The van der Waals surface area contributed by atoms with Crippen molar-refractivity contribution >= 4 is 22.0 Å². The second-order valence-electron chi connectivity index (χ2n) is 8.03. The van der Waals surface area contributed by atoms with Crippen molar-refractivity contribution in [1.29, 1.82) is 0 Å². The van der Waals surface area contributed by atoms with Crippen molar-refractivity contribution in [2.24, 2.45) is 0 Å². The molecule has 0 saturated carbocycles. The van der Waals surface area contributed by atoms with Crippen LogP contribution in [0, 0.1) is 0 Å². The van der Waals surface area contributed by atoms with Gasteiger partial charge in [0.05, 0.1) is 12.8 Å². The Labute approximate surface area is 187 Å². The van der Waals surface area contributed by atoms with Gasteiger partial charge in [0.15, 0.2) is 5.52 Å². The molecule has 0 bridgehead atoms. The first kappa shape index (κ1) is 22.0. The fraction of sp³-hybridized carbons (Fsp3) is 0.346. The van der Waals surface area contributed by atoms with E-state index in [-0.39, 0.29) is 0 Å². The molecule has 4 rings (SSSR count). The van der Waals surface area contributed by atoms with Gasteiger partial charge in [-0.1, -0.05) is 37.6 Å². The van der Waals surface area contributed by atoms with Crippen molar-refractivity contribution in [2.45, 2.75) is 39.2 Å². The molecule has 2 heterocycles. The Morgan fingerprint density at radius 1 is 1.03 bits per heavy atom. The summed E-state index contributed by atoms with van der Waals surface area (Å²) in [4.78, 5) is 24.0. The van der Waals surface area contributed by atoms with Crippen molar-refractivity contribution in [3.8, 4) is 5.75 Å². The normalized spacial score (nSPS) is 11.5. The number of para-hydroxylation sites is 1. The van der Waals surface area contributed by atoms with Crippen LogP contribution in [0.4, 0.5) is 0 Å². The molecule has 0 unspecified atom stereocenters. The summed E-state index contributed by atoms with van der Waals surface area (Å²) in [7, 11) is 1.70. The number of nitrogens with zero attached hydrogens (tertiary/aromatic N) is 3. The minimum atomic E-state index is -0.435. The number of aryl methyl sites for hydroxylation is 1. The fourth-order valence-corrected chi connectivity index (χ4v) is 3.95. The van der Waals surface area contributed by atoms with Gasteiger partial charge in [0, 0.05) is 18.1 Å². The molecule has 2 aromatic heterocycles. The Kier molecular flexibility index (Phi) is 7.12. The van der Waals surface area contributed by atoms with Gasteiger partial charge in [0.25, 0.3) is 0 Å². The maximum atomic E-state index is 12.4. The maximum absolute atomic E-state index is 12.4. The molecule has 32 heavy (non-hydrogen) atoms. The van der Waals surface area contributed by atoms with E-state index >= 15 is 0 Å². The number of unbranched alkanes of at least 4 members (excludes halogenated alkanes) is 1. The highest BCUT2D eigenvalue weighted by Crippen LogP contribution is 2.20. The number of rotatable bonds is 10. The maximum Gasteiger partial charge on any atom is 0.364 e. The van der Waals surface area contributed by atoms with E-state index in [1.54, 1.807) is 19.4 Å². The molecular formula is C26H29N3O3. The summed E-state index contributed by atoms with van der Waals surface area (Å²) in [5, 5.41) is 0.810. The fourth-order valence-electron chi connectivity index (χ4n) is 3.95. The molecule has 166 valence electrons. The number of aromatic nitrogens is 2. The number of hydrogen-bond acceptors (Lipinski definition) is 6. The molecule has 0 aliphatic heterocycles. The van der Waals surface area contributed by atoms with Crippen LogP contribution in [0.3, 0.4) is 0 Å². The van der Waals surface area contributed by atoms with Gasteiger partial charge in [-0.2, -0.15) is 0 Å². The van der Waals surface area contributed by atoms with E-state index in [0.717, 1.165) is 62.1 Å². The van der Waals surface area contributed by atoms with Crippen molar-refractivity contribution in [3.63, 3.8) is 0 Å². The molecule has 0 aliphatic rings. The number of fused-ring (bicyclic) bond motifs is 3. The zero-order valence-corrected chi connectivity index (χ0v) is 18.7. The van der Waals surface area contributed by atoms with Crippen molar-refractivity contribution in [2.75, 3.05) is 20.2 Å². The minimum Gasteiger partial charge on any atom is -0.497 e. The third-order valence-corrected chi connectivity index (χ3v) is 5.64. The quantitative estimate of drug-likeness (QED) is 0.261. The van der Waals surface area contributed by atoms with Gasteiger partial charge in [0.2, 0.25) is 0 Å². The van der Waals surface area contributed by atoms with Crippen LogP contribution in [-0.4, -0.2) is 35.1 Å². The summed E-state index contributed by atoms with van der Waals surface area (Å²) in [6.07, 6.45) is 5.80. The first-order valence-electron chi connectivity index (χ1n) is 11.2. The van der Waals surface area contributed by atoms with Gasteiger partial charge in [-0.3, -0.25) is 9.88 Å². The lowest BCUT2D eigenvalue weighted by Crippen LogP contribution is -2.26. The van der Waals surface area contributed by atoms with E-state index in [0.29, 0.717) is 16.6 Å². The summed E-state index contributed by atoms with van der Waals surface area (Å²) < 4.78 is 10.8. The SMILES string of the molecule is CCCCN(CCCc1cnc2c(n1)c(=O)oc1ccccc12)Cc1cccc(OC)c1. The van der Waals surface area contributed by atoms with Crippen LogP contribution in [0.25, 0.3) is 22.0 Å². The minimum absolute atomic E-state index is 0.306. The Hall–Kier alpha value is -3.25. The summed E-state index contributed by atoms with van der Waals surface area (Å²) in [5.74, 6) is 0.885. The molecule has 6 heteroatoms. The lowest BCUT2D eigenvalue weighted by molar-refractivity contribution is 0.257. The Bertz CT molecular complexity index is 1250. The average Bonchev–Trinajstić information content (AvgIpc) is 2.82. The Morgan fingerprint density at radius 2 is 1.88 bits per heavy atom. The van der Waals surface area contributed by atoms with E-state index in [2.05, 4.69) is 33.9 Å². The monoisotopic (exact) mass is 431 g/mol. The summed E-state index contributed by atoms with van der Waals surface area (Å²) in [6.45, 7) is 5.09. The van der Waals surface area contributed by atoms with Crippen molar-refractivity contribution in [1.82, 2.24) is 14.9 Å². The first-order valence-corrected chi connectivity index (χ1v) is 11.2. The number of methoxy groups -OCH3 is 1. The average molecular weight is 432 g/mol. The zero-order chi connectivity index (χ0) is 22.3. The molecule has 4 aromatic rings. The van der Waals surface area contributed by atoms with Crippen LogP contribution in [0.2, 0.25) is 0 Å². The molecular weight excluding hydrogens is 402 g/mol. The third kappa shape index (κ3) is 5.14. The topological polar surface area (TPSA) is 68.5 Å². The van der Waals surface area contributed by atoms with Gasteiger partial charge >= 0.3 is 5.63 Å². The van der Waals surface area contributed by atoms with Crippen LogP contribution >= 0.6 is 0 Å². The molecule has 0 N–H and O–H groups in total. The summed E-state index contributed by atoms with van der Waals surface area (Å²) in [6, 6.07) is 15.7. The number of hydrogen-bond donors (Lipinski definition) is 0. The molecule has 0 aliphatic carbocycles. The number of benzene rings is 2. The molecule has 6 nitrogen and oxygen atoms in total. The summed E-state index contributed by atoms with van der Waals surface area (Å²) in [5.41, 5.74) is 3.07. The van der Waals surface area contributed by atoms with Crippen LogP contribution < -0.4 is 10.4 Å². The van der Waals surface area contributed by atoms with Crippen LogP contribution in [0.1, 0.15) is 37.4 Å². The first-order chi connectivity index (χ1) is 15.7. The second kappa shape index (κ2) is 10.4. The van der Waals surface area contributed by atoms with Gasteiger partial charge in [0.1, 0.15) is 16.8 Å². The lowest BCUT2D eigenvalue weighted by Gasteiger charge is -2.22. The molecule has 0 amide bonds. The molecule has 0 spiro atoms. The molecule has 0 saturated heterocycles. The summed E-state index contributed by atoms with van der Waals surface area (Å²) >= 11 is 0. The van der Waals surface area contributed by atoms with E-state index in [4.69, 9.17) is 9.15 Å². The molecule has 0 atom stereocenters. The van der Waals surface area contributed by atoms with Gasteiger partial charge in [-0.15, -0.1) is 0 Å². The standard InChI is InChI=1S/C26H29N3O3/c1-3-4-14-29(18-19-9-7-11-21(16-19)31-2)15-8-10-20-17-27-24-22-12-5-6-13-23(22)32-26(30)25(24)28-20/h5-7,9,11-13,16-17H,3-4,8,10,14-15,18H2,1-2H3. The third-order valence-electron chi connectivity index (χ3n) is 5.64. The molecule has 0 fully saturated rings. The van der Waals surface area contributed by atoms with E-state index in [1.165, 1.54) is 5.56 Å². The highest BCUT2D eigenvalue weighted by atomic mass is 16.5. The van der Waals surface area contributed by atoms with Gasteiger partial charge in [-0.05, 0) is 62.2 Å². The predicted octanol–water partition coefficient (Wildman–Crippen LogP) is 4.98. The van der Waals surface area contributed by atoms with Crippen molar-refractivity contribution < 1.29 is 9.15 Å². The molecule has 2 aromatic carbocycles. The van der Waals surface area contributed by atoms with E-state index in [9.17, 15) is 4.79 Å². The highest BCUT2D eigenvalue weighted by Gasteiger charge is 2.12. The zero-order valence-electron chi connectivity index (χ0n) is 18.7. The van der Waals surface area contributed by atoms with Crippen LogP contribution in [-0.2, 0) is 13.0 Å². The second-order valence-corrected chi connectivity index (χ2v) is 8.03. The van der Waals surface area contributed by atoms with E-state index < -0.39 is 5.63 Å². The number of ether oxygens (including phenoxy) is 1. The Morgan fingerprint density at radius 3 is 2.72 bits per heavy atom. The van der Waals surface area contributed by atoms with Gasteiger partial charge in [-0.25, -0.2) is 9.78 Å². The molecule has 0 radical (unpaired) electrons. The predicted molar refractivity (Wildman–Crippen MR) is 127 cm³/mol. The Balaban J connectivity index is 1.45. The lowest BCUT2D eigenvalue weighted by atomic mass is 10.1. The van der Waals surface area contributed by atoms with Gasteiger partial charge < -0.3 is 9.15 Å². The van der Waals surface area contributed by atoms with Crippen LogP contribution in [0.5, 0.6) is 5.75 Å². The van der Waals surface area contributed by atoms with Crippen molar-refractivity contribution in [3.05, 3.63) is 76.4 Å².